The molecule has 1 fully saturated rings. The Labute approximate surface area is 144 Å². The van der Waals surface area contributed by atoms with Crippen LogP contribution in [0.2, 0.25) is 0 Å². The topological polar surface area (TPSA) is 67.4 Å². The average molecular weight is 342 g/mol. The van der Waals surface area contributed by atoms with Crippen LogP contribution in [0, 0.1) is 0 Å². The van der Waals surface area contributed by atoms with Crippen LogP contribution in [0.3, 0.4) is 0 Å². The number of thiophene rings is 1. The maximum Gasteiger partial charge on any atom is 0.262 e. The van der Waals surface area contributed by atoms with Gasteiger partial charge in [0.15, 0.2) is 0 Å². The molecular formula is C18H18N2O3S. The van der Waals surface area contributed by atoms with Gasteiger partial charge in [0.25, 0.3) is 5.91 Å². The fraction of sp³-hybridized carbons (Fsp3) is 0.333. The summed E-state index contributed by atoms with van der Waals surface area (Å²) in [4.78, 5) is 26.3. The quantitative estimate of drug-likeness (QED) is 0.882. The Balaban J connectivity index is 1.57. The van der Waals surface area contributed by atoms with Crippen molar-refractivity contribution in [3.8, 4) is 16.2 Å². The molecule has 2 aliphatic rings. The van der Waals surface area contributed by atoms with Gasteiger partial charge in [0, 0.05) is 22.5 Å². The van der Waals surface area contributed by atoms with E-state index in [1.165, 1.54) is 11.3 Å². The number of nitrogens with one attached hydrogen (secondary N) is 2. The van der Waals surface area contributed by atoms with Gasteiger partial charge in [-0.2, -0.15) is 0 Å². The van der Waals surface area contributed by atoms with Gasteiger partial charge in [0.1, 0.15) is 18.4 Å². The lowest BCUT2D eigenvalue weighted by Crippen LogP contribution is -2.45. The minimum Gasteiger partial charge on any atom is -0.488 e. The fourth-order valence-electron chi connectivity index (χ4n) is 3.12. The third-order valence-corrected chi connectivity index (χ3v) is 5.60. The monoisotopic (exact) mass is 342 g/mol. The van der Waals surface area contributed by atoms with Crippen LogP contribution < -0.4 is 15.4 Å². The number of ether oxygens (including phenoxy) is 1. The van der Waals surface area contributed by atoms with Crippen molar-refractivity contribution in [3.05, 3.63) is 40.8 Å². The number of carbonyl (C=O) groups excluding carboxylic acids is 2. The highest BCUT2D eigenvalue weighted by molar-refractivity contribution is 7.17. The van der Waals surface area contributed by atoms with Crippen LogP contribution in [0.15, 0.2) is 30.3 Å². The first-order valence-electron chi connectivity index (χ1n) is 8.16. The summed E-state index contributed by atoms with van der Waals surface area (Å²) < 4.78 is 5.74. The van der Waals surface area contributed by atoms with Crippen LogP contribution in [0.1, 0.15) is 34.5 Å². The number of para-hydroxylation sites is 1. The van der Waals surface area contributed by atoms with E-state index in [-0.39, 0.29) is 11.8 Å². The number of benzene rings is 1. The number of hydrogen-bond acceptors (Lipinski definition) is 4. The van der Waals surface area contributed by atoms with Crippen LogP contribution >= 0.6 is 11.3 Å². The molecule has 2 amide bonds. The van der Waals surface area contributed by atoms with E-state index in [9.17, 15) is 9.59 Å². The van der Waals surface area contributed by atoms with Crippen LogP contribution in [-0.2, 0) is 11.4 Å². The number of hydrogen-bond donors (Lipinski definition) is 2. The van der Waals surface area contributed by atoms with Crippen LogP contribution in [-0.4, -0.2) is 24.4 Å². The smallest absolute Gasteiger partial charge is 0.262 e. The van der Waals surface area contributed by atoms with Crippen molar-refractivity contribution in [3.63, 3.8) is 0 Å². The van der Waals surface area contributed by atoms with Crippen molar-refractivity contribution in [1.29, 1.82) is 0 Å². The van der Waals surface area contributed by atoms with E-state index in [1.54, 1.807) is 0 Å². The molecule has 1 aromatic carbocycles. The van der Waals surface area contributed by atoms with Gasteiger partial charge in [-0.3, -0.25) is 9.59 Å². The highest BCUT2D eigenvalue weighted by atomic mass is 32.1. The summed E-state index contributed by atoms with van der Waals surface area (Å²) in [6.07, 6.45) is 2.58. The van der Waals surface area contributed by atoms with Gasteiger partial charge in [0.05, 0.1) is 4.88 Å². The second kappa shape index (κ2) is 6.28. The molecule has 124 valence electrons. The lowest BCUT2D eigenvalue weighted by Gasteiger charge is -2.16. The van der Waals surface area contributed by atoms with Crippen LogP contribution in [0.25, 0.3) is 10.4 Å². The van der Waals surface area contributed by atoms with Crippen molar-refractivity contribution < 1.29 is 14.3 Å². The standard InChI is InChI=1S/C18H18N2O3S/c21-17-13(6-3-4-8-19-17)20-18(22)15-9-11-10-23-14-7-2-1-5-12(14)16(11)24-15/h1-2,5,7,9,13H,3-4,6,8,10H2,(H,19,21)(H,20,22). The van der Waals surface area contributed by atoms with Crippen LogP contribution in [0.5, 0.6) is 5.75 Å². The number of fused-ring (bicyclic) bond motifs is 3. The summed E-state index contributed by atoms with van der Waals surface area (Å²) in [6.45, 7) is 1.16. The molecule has 0 aliphatic carbocycles. The second-order valence-electron chi connectivity index (χ2n) is 6.06. The first-order valence-corrected chi connectivity index (χ1v) is 8.97. The zero-order valence-corrected chi connectivity index (χ0v) is 13.9. The Kier molecular flexibility index (Phi) is 3.98. The van der Waals surface area contributed by atoms with E-state index in [2.05, 4.69) is 10.6 Å². The van der Waals surface area contributed by atoms with E-state index < -0.39 is 6.04 Å². The van der Waals surface area contributed by atoms with Crippen molar-refractivity contribution >= 4 is 23.2 Å². The number of carbonyl (C=O) groups is 2. The molecule has 4 rings (SSSR count). The molecule has 6 heteroatoms. The molecule has 0 spiro atoms. The van der Waals surface area contributed by atoms with Gasteiger partial charge in [-0.15, -0.1) is 11.3 Å². The molecule has 2 N–H and O–H groups in total. The van der Waals surface area contributed by atoms with Gasteiger partial charge >= 0.3 is 0 Å². The minimum absolute atomic E-state index is 0.0872. The summed E-state index contributed by atoms with van der Waals surface area (Å²) in [7, 11) is 0. The molecule has 3 heterocycles. The molecule has 24 heavy (non-hydrogen) atoms. The van der Waals surface area contributed by atoms with E-state index in [0.29, 0.717) is 24.4 Å². The molecule has 5 nitrogen and oxygen atoms in total. The van der Waals surface area contributed by atoms with E-state index >= 15 is 0 Å². The normalized spacial score (nSPS) is 19.3. The molecule has 0 saturated carbocycles. The third kappa shape index (κ3) is 2.78. The summed E-state index contributed by atoms with van der Waals surface area (Å²) in [6, 6.07) is 9.28. The highest BCUT2D eigenvalue weighted by Crippen LogP contribution is 2.42. The first kappa shape index (κ1) is 15.2. The predicted octanol–water partition coefficient (Wildman–Crippen LogP) is 2.71. The molecule has 2 aromatic rings. The summed E-state index contributed by atoms with van der Waals surface area (Å²) in [5.74, 6) is 0.576. The molecule has 0 radical (unpaired) electrons. The molecule has 1 aromatic heterocycles. The Bertz CT molecular complexity index is 799. The Morgan fingerprint density at radius 3 is 3.08 bits per heavy atom. The average Bonchev–Trinajstić information content (AvgIpc) is 2.95. The molecule has 0 bridgehead atoms. The van der Waals surface area contributed by atoms with Gasteiger partial charge in [-0.1, -0.05) is 12.1 Å². The van der Waals surface area contributed by atoms with Crippen molar-refractivity contribution in [1.82, 2.24) is 10.6 Å². The van der Waals surface area contributed by atoms with E-state index in [0.717, 1.165) is 34.6 Å². The molecule has 1 saturated heterocycles. The minimum atomic E-state index is -0.442. The van der Waals surface area contributed by atoms with Gasteiger partial charge < -0.3 is 15.4 Å². The van der Waals surface area contributed by atoms with Gasteiger partial charge in [0.2, 0.25) is 5.91 Å². The third-order valence-electron chi connectivity index (χ3n) is 4.39. The zero-order chi connectivity index (χ0) is 16.5. The number of amides is 2. The van der Waals surface area contributed by atoms with Crippen molar-refractivity contribution in [2.24, 2.45) is 0 Å². The molecule has 1 atom stereocenters. The predicted molar refractivity (Wildman–Crippen MR) is 92.2 cm³/mol. The van der Waals surface area contributed by atoms with Gasteiger partial charge in [-0.25, -0.2) is 0 Å². The largest absolute Gasteiger partial charge is 0.488 e. The first-order chi connectivity index (χ1) is 11.7. The van der Waals surface area contributed by atoms with Crippen LogP contribution in [0.4, 0.5) is 0 Å². The van der Waals surface area contributed by atoms with E-state index in [1.807, 2.05) is 30.3 Å². The Morgan fingerprint density at radius 2 is 2.17 bits per heavy atom. The maximum absolute atomic E-state index is 12.6. The lowest BCUT2D eigenvalue weighted by atomic mass is 10.1. The molecular weight excluding hydrogens is 324 g/mol. The summed E-state index contributed by atoms with van der Waals surface area (Å²) >= 11 is 1.46. The lowest BCUT2D eigenvalue weighted by molar-refractivity contribution is -0.122. The second-order valence-corrected chi connectivity index (χ2v) is 7.11. The zero-order valence-electron chi connectivity index (χ0n) is 13.1. The van der Waals surface area contributed by atoms with Crippen molar-refractivity contribution in [2.45, 2.75) is 31.9 Å². The highest BCUT2D eigenvalue weighted by Gasteiger charge is 2.26. The molecule has 1 unspecified atom stereocenters. The Morgan fingerprint density at radius 1 is 1.29 bits per heavy atom. The Hall–Kier alpha value is -2.34. The SMILES string of the molecule is O=C(NC1CCCCNC1=O)c1cc2c(s1)-c1ccccc1OC2. The maximum atomic E-state index is 12.6. The molecule has 2 aliphatic heterocycles. The fourth-order valence-corrected chi connectivity index (χ4v) is 4.22. The van der Waals surface area contributed by atoms with E-state index in [4.69, 9.17) is 4.74 Å². The number of rotatable bonds is 2. The van der Waals surface area contributed by atoms with Crippen molar-refractivity contribution in [2.75, 3.05) is 6.54 Å². The van der Waals surface area contributed by atoms with Gasteiger partial charge in [-0.05, 0) is 37.5 Å². The summed E-state index contributed by atoms with van der Waals surface area (Å²) in [5.41, 5.74) is 2.05. The summed E-state index contributed by atoms with van der Waals surface area (Å²) in [5, 5.41) is 5.72.